The molecule has 66 valence electrons. The maximum Gasteiger partial charge on any atom is -0.0244 e. The average molecular weight is 310 g/mol. The van der Waals surface area contributed by atoms with Crippen molar-refractivity contribution in [1.29, 1.82) is 0 Å². The smallest absolute Gasteiger partial charge is 0.0244 e. The van der Waals surface area contributed by atoms with E-state index in [9.17, 15) is 0 Å². The fraction of sp³-hybridized carbons (Fsp3) is 0. The highest BCUT2D eigenvalue weighted by Crippen LogP contribution is 2.80. The monoisotopic (exact) mass is 309 g/mol. The highest BCUT2D eigenvalue weighted by Gasteiger charge is 2.27. The van der Waals surface area contributed by atoms with Crippen molar-refractivity contribution in [1.82, 2.24) is 3.12 Å². The molecule has 0 amide bonds. The molecule has 0 radical (unpaired) electrons. The summed E-state index contributed by atoms with van der Waals surface area (Å²) in [6.07, 6.45) is 0. The summed E-state index contributed by atoms with van der Waals surface area (Å²) in [6.45, 7) is 0. The third-order valence-electron chi connectivity index (χ3n) is 0.419. The first-order valence-electron chi connectivity index (χ1n) is 1.66. The maximum absolute atomic E-state index is 4.08. The summed E-state index contributed by atoms with van der Waals surface area (Å²) in [5.41, 5.74) is 0. The minimum atomic E-state index is -1.77. The van der Waals surface area contributed by atoms with Gasteiger partial charge in [0.2, 0.25) is 0 Å². The Kier molecular flexibility index (Phi) is 5.98. The van der Waals surface area contributed by atoms with Gasteiger partial charge in [-0.3, -0.25) is 0 Å². The van der Waals surface area contributed by atoms with Crippen LogP contribution in [0.5, 0.6) is 0 Å². The molecule has 0 rings (SSSR count). The number of hydrogen-bond donors (Lipinski definition) is 7. The summed E-state index contributed by atoms with van der Waals surface area (Å²) >= 11 is 28.5. The van der Waals surface area contributed by atoms with E-state index in [4.69, 9.17) is 0 Å². The minimum Gasteiger partial charge on any atom is -0.125 e. The molecule has 0 aromatic rings. The molecule has 10 heavy (non-hydrogen) atoms. The lowest BCUT2D eigenvalue weighted by Crippen LogP contribution is -2.01. The lowest BCUT2D eigenvalue weighted by atomic mass is 13.8. The average Bonchev–Trinajstić information content (AvgIpc) is 1.59. The van der Waals surface area contributed by atoms with Crippen LogP contribution in [0.15, 0.2) is 0 Å². The predicted molar refractivity (Wildman–Crippen MR) is 79.9 cm³/mol. The normalized spacial score (nSPS) is 17.6. The van der Waals surface area contributed by atoms with Gasteiger partial charge in [0.25, 0.3) is 0 Å². The summed E-state index contributed by atoms with van der Waals surface area (Å²) in [5.74, 6) is 0. The Bertz CT molecular complexity index is 88.9. The van der Waals surface area contributed by atoms with Gasteiger partial charge in [0, 0.05) is 0 Å². The van der Waals surface area contributed by atoms with Crippen molar-refractivity contribution >= 4 is 97.4 Å². The molecule has 0 aromatic heterocycles. The molecule has 0 aliphatic heterocycles. The molecule has 0 aliphatic carbocycles. The highest BCUT2D eigenvalue weighted by molar-refractivity contribution is 9.47. The molecule has 0 spiro atoms. The molecule has 0 aromatic carbocycles. The van der Waals surface area contributed by atoms with Crippen LogP contribution in [0.25, 0.3) is 0 Å². The van der Waals surface area contributed by atoms with Gasteiger partial charge in [-0.2, -0.15) is 0 Å². The summed E-state index contributed by atoms with van der Waals surface area (Å²) in [7, 11) is -3.54. The zero-order chi connectivity index (χ0) is 8.58. The second kappa shape index (κ2) is 4.56. The van der Waals surface area contributed by atoms with E-state index in [1.807, 2.05) is 0 Å². The quantitative estimate of drug-likeness (QED) is 0.303. The van der Waals surface area contributed by atoms with Gasteiger partial charge in [-0.15, -0.1) is 3.12 Å². The van der Waals surface area contributed by atoms with Gasteiger partial charge < -0.3 is 0 Å². The fourth-order valence-corrected chi connectivity index (χ4v) is 10.9. The van der Waals surface area contributed by atoms with Crippen LogP contribution in [-0.4, -0.2) is 3.12 Å². The largest absolute Gasteiger partial charge is 0.125 e. The molecule has 10 heteroatoms. The third kappa shape index (κ3) is 4.97. The first kappa shape index (κ1) is 13.1. The molecule has 0 heterocycles. The van der Waals surface area contributed by atoms with Crippen LogP contribution in [0.4, 0.5) is 0 Å². The lowest BCUT2D eigenvalue weighted by molar-refractivity contribution is 1.33. The Hall–Kier alpha value is 3.11. The molecular weight excluding hydrogens is 303 g/mol. The van der Waals surface area contributed by atoms with Crippen LogP contribution in [0.2, 0.25) is 0 Å². The van der Waals surface area contributed by atoms with Crippen molar-refractivity contribution in [2.45, 2.75) is 0 Å². The standard InChI is InChI=1S/H7NS9/c2-1(9(3,4)5)10(6,7)8/h2-8H. The van der Waals surface area contributed by atoms with Crippen molar-refractivity contribution in [3.05, 3.63) is 0 Å². The van der Waals surface area contributed by atoms with Crippen LogP contribution in [0.3, 0.4) is 0 Å². The van der Waals surface area contributed by atoms with E-state index in [1.54, 1.807) is 0 Å². The van der Waals surface area contributed by atoms with E-state index in [0.717, 1.165) is 0 Å². The zero-order valence-electron chi connectivity index (χ0n) is 4.39. The number of thiol groups is 7. The molecule has 0 atom stereocenters. The third-order valence-corrected chi connectivity index (χ3v) is 11.3. The predicted octanol–water partition coefficient (Wildman–Crippen LogP) is 3.64. The first-order chi connectivity index (χ1) is 4.15. The molecular formula is H7NS9. The molecule has 0 aliphatic rings. The first-order valence-corrected chi connectivity index (χ1v) is 11.6. The number of nitrogens with zero attached hydrogens (tertiary/aromatic N) is 1. The van der Waals surface area contributed by atoms with Crippen LogP contribution in [-0.2, 0) is 0 Å². The van der Waals surface area contributed by atoms with Gasteiger partial charge in [-0.05, 0) is 14.6 Å². The van der Waals surface area contributed by atoms with Crippen molar-refractivity contribution in [2.75, 3.05) is 0 Å². The van der Waals surface area contributed by atoms with E-state index < -0.39 is 14.6 Å². The Morgan fingerprint density at radius 1 is 0.700 bits per heavy atom. The van der Waals surface area contributed by atoms with Gasteiger partial charge in [-0.25, -0.2) is 0 Å². The van der Waals surface area contributed by atoms with Crippen LogP contribution < -0.4 is 0 Å². The zero-order valence-corrected chi connectivity index (χ0v) is 12.3. The Labute approximate surface area is 99.1 Å². The van der Waals surface area contributed by atoms with E-state index in [2.05, 4.69) is 82.8 Å². The van der Waals surface area contributed by atoms with Crippen LogP contribution in [0, 0.1) is 0 Å². The van der Waals surface area contributed by atoms with Crippen LogP contribution in [0.1, 0.15) is 0 Å². The molecule has 0 saturated heterocycles. The van der Waals surface area contributed by atoms with Crippen molar-refractivity contribution in [2.24, 2.45) is 0 Å². The van der Waals surface area contributed by atoms with Crippen LogP contribution >= 0.6 is 97.4 Å². The van der Waals surface area contributed by atoms with E-state index in [-0.39, 0.29) is 0 Å². The van der Waals surface area contributed by atoms with Crippen molar-refractivity contribution in [3.8, 4) is 0 Å². The van der Waals surface area contributed by atoms with Crippen molar-refractivity contribution < 1.29 is 0 Å². The second-order valence-corrected chi connectivity index (χ2v) is 19.8. The summed E-state index contributed by atoms with van der Waals surface area (Å²) in [4.78, 5) is 0. The Morgan fingerprint density at radius 2 is 0.900 bits per heavy atom. The fourth-order valence-electron chi connectivity index (χ4n) is 0.134. The van der Waals surface area contributed by atoms with Crippen molar-refractivity contribution in [3.63, 3.8) is 0 Å². The highest BCUT2D eigenvalue weighted by atomic mass is 33.9. The molecule has 1 nitrogen and oxygen atoms in total. The van der Waals surface area contributed by atoms with Gasteiger partial charge >= 0.3 is 0 Å². The minimum absolute atomic E-state index is 1.42. The topological polar surface area (TPSA) is 3.24 Å². The molecule has 0 N–H and O–H groups in total. The Balaban J connectivity index is 4.23. The van der Waals surface area contributed by atoms with Gasteiger partial charge in [0.15, 0.2) is 0 Å². The number of hydrogen-bond acceptors (Lipinski definition) is 8. The molecule has 0 fully saturated rings. The van der Waals surface area contributed by atoms with E-state index in [1.165, 1.54) is 3.12 Å². The molecule has 0 unspecified atom stereocenters. The Morgan fingerprint density at radius 3 is 0.900 bits per heavy atom. The summed E-state index contributed by atoms with van der Waals surface area (Å²) < 4.78 is 1.42. The lowest BCUT2D eigenvalue weighted by Gasteiger charge is -2.40. The maximum atomic E-state index is 4.08. The second-order valence-electron chi connectivity index (χ2n) is 1.22. The molecule has 0 saturated carbocycles. The summed E-state index contributed by atoms with van der Waals surface area (Å²) in [6, 6.07) is 0. The van der Waals surface area contributed by atoms with E-state index >= 15 is 0 Å². The van der Waals surface area contributed by atoms with E-state index in [0.29, 0.717) is 0 Å². The van der Waals surface area contributed by atoms with Gasteiger partial charge in [-0.1, -0.05) is 82.8 Å². The SMILES string of the molecule is SN(S(S)(S)S)S(S)(S)S. The summed E-state index contributed by atoms with van der Waals surface area (Å²) in [5, 5.41) is 0. The van der Waals surface area contributed by atoms with Gasteiger partial charge in [0.1, 0.15) is 0 Å². The molecule has 0 bridgehead atoms. The van der Waals surface area contributed by atoms with Gasteiger partial charge in [0.05, 0.1) is 0 Å². The number of rotatable bonds is 2.